The maximum Gasteiger partial charge on any atom is 0.303 e. The predicted molar refractivity (Wildman–Crippen MR) is 97.6 cm³/mol. The number of benzene rings is 2. The number of Topliss-reactive ketones (excluding diaryl/α,β-unsaturated/α-hetero) is 1. The second kappa shape index (κ2) is 8.94. The number of halogens is 1. The number of carboxylic acid groups (broad SMARTS) is 1. The molecule has 0 atom stereocenters. The van der Waals surface area contributed by atoms with Gasteiger partial charge < -0.3 is 9.84 Å². The number of allylic oxidation sites excluding steroid dienone is 1. The van der Waals surface area contributed by atoms with Crippen molar-refractivity contribution in [1.82, 2.24) is 0 Å². The normalized spacial score (nSPS) is 11.5. The van der Waals surface area contributed by atoms with E-state index in [1.54, 1.807) is 44.2 Å². The van der Waals surface area contributed by atoms with E-state index < -0.39 is 11.8 Å². The lowest BCUT2D eigenvalue weighted by molar-refractivity contribution is -0.136. The van der Waals surface area contributed by atoms with E-state index in [-0.39, 0.29) is 30.3 Å². The first kappa shape index (κ1) is 19.4. The number of ketones is 1. The zero-order chi connectivity index (χ0) is 19.1. The van der Waals surface area contributed by atoms with Crippen LogP contribution < -0.4 is 4.74 Å². The minimum atomic E-state index is -0.973. The van der Waals surface area contributed by atoms with Gasteiger partial charge in [-0.25, -0.2) is 4.39 Å². The molecule has 0 saturated carbocycles. The molecular formula is C21H21FO4. The molecule has 0 aliphatic heterocycles. The van der Waals surface area contributed by atoms with Gasteiger partial charge in [0.15, 0.2) is 17.3 Å². The van der Waals surface area contributed by atoms with Gasteiger partial charge in [0.25, 0.3) is 0 Å². The predicted octanol–water partition coefficient (Wildman–Crippen LogP) is 5.09. The van der Waals surface area contributed by atoms with Crippen molar-refractivity contribution in [3.63, 3.8) is 0 Å². The van der Waals surface area contributed by atoms with Crippen LogP contribution in [0.15, 0.2) is 54.1 Å². The van der Waals surface area contributed by atoms with Crippen LogP contribution in [0.1, 0.15) is 32.3 Å². The number of aliphatic carboxylic acids is 1. The van der Waals surface area contributed by atoms with Gasteiger partial charge in [-0.3, -0.25) is 9.59 Å². The van der Waals surface area contributed by atoms with Crippen molar-refractivity contribution in [2.45, 2.75) is 26.7 Å². The molecule has 0 aliphatic carbocycles. The summed E-state index contributed by atoms with van der Waals surface area (Å²) in [5.74, 6) is -1.33. The summed E-state index contributed by atoms with van der Waals surface area (Å²) in [5, 5.41) is 8.89. The van der Waals surface area contributed by atoms with Crippen LogP contribution in [-0.4, -0.2) is 16.9 Å². The van der Waals surface area contributed by atoms with Crippen LogP contribution in [0.25, 0.3) is 6.08 Å². The van der Waals surface area contributed by atoms with E-state index in [2.05, 4.69) is 0 Å². The highest BCUT2D eigenvalue weighted by Gasteiger charge is 2.15. The van der Waals surface area contributed by atoms with E-state index in [1.165, 1.54) is 18.2 Å². The fourth-order valence-corrected chi connectivity index (χ4v) is 2.38. The van der Waals surface area contributed by atoms with Gasteiger partial charge in [0.1, 0.15) is 5.75 Å². The smallest absolute Gasteiger partial charge is 0.303 e. The zero-order valence-corrected chi connectivity index (χ0v) is 14.7. The van der Waals surface area contributed by atoms with E-state index in [0.717, 1.165) is 0 Å². The largest absolute Gasteiger partial charge is 0.481 e. The van der Waals surface area contributed by atoms with Gasteiger partial charge >= 0.3 is 5.97 Å². The van der Waals surface area contributed by atoms with Gasteiger partial charge in [0.05, 0.1) is 0 Å². The highest BCUT2D eigenvalue weighted by molar-refractivity contribution is 6.01. The molecule has 4 nitrogen and oxygen atoms in total. The standard InChI is InChI=1S/C21H21FO4/c1-14(2)21(25)16(9-11-20(23)24)12-15-8-10-18(22)19(13-15)26-17-6-4-3-5-7-17/h3-8,10,12-14H,9,11H2,1-2H3,(H,23,24). The summed E-state index contributed by atoms with van der Waals surface area (Å²) in [5.41, 5.74) is 0.978. The first-order valence-electron chi connectivity index (χ1n) is 8.36. The second-order valence-electron chi connectivity index (χ2n) is 6.19. The molecule has 0 heterocycles. The van der Waals surface area contributed by atoms with Crippen LogP contribution >= 0.6 is 0 Å². The lowest BCUT2D eigenvalue weighted by Crippen LogP contribution is -2.11. The minimum absolute atomic E-state index is 0.0412. The van der Waals surface area contributed by atoms with Crippen molar-refractivity contribution in [2.75, 3.05) is 0 Å². The second-order valence-corrected chi connectivity index (χ2v) is 6.19. The third-order valence-electron chi connectivity index (χ3n) is 3.72. The Kier molecular flexibility index (Phi) is 6.67. The van der Waals surface area contributed by atoms with E-state index >= 15 is 0 Å². The fourth-order valence-electron chi connectivity index (χ4n) is 2.38. The van der Waals surface area contributed by atoms with Gasteiger partial charge in [-0.1, -0.05) is 38.1 Å². The Morgan fingerprint density at radius 3 is 2.42 bits per heavy atom. The van der Waals surface area contributed by atoms with Crippen molar-refractivity contribution in [3.8, 4) is 11.5 Å². The summed E-state index contributed by atoms with van der Waals surface area (Å²) in [4.78, 5) is 23.2. The van der Waals surface area contributed by atoms with Crippen LogP contribution in [0.3, 0.4) is 0 Å². The average molecular weight is 356 g/mol. The Balaban J connectivity index is 2.32. The third-order valence-corrected chi connectivity index (χ3v) is 3.72. The monoisotopic (exact) mass is 356 g/mol. The Labute approximate surface area is 151 Å². The lowest BCUT2D eigenvalue weighted by Gasteiger charge is -2.10. The number of rotatable bonds is 8. The molecule has 136 valence electrons. The number of carbonyl (C=O) groups excluding carboxylic acids is 1. The van der Waals surface area contributed by atoms with Gasteiger partial charge in [-0.05, 0) is 47.9 Å². The van der Waals surface area contributed by atoms with E-state index in [0.29, 0.717) is 16.9 Å². The number of para-hydroxylation sites is 1. The third kappa shape index (κ3) is 5.55. The van der Waals surface area contributed by atoms with Crippen LogP contribution in [-0.2, 0) is 9.59 Å². The first-order chi connectivity index (χ1) is 12.4. The molecule has 0 aliphatic rings. The summed E-state index contributed by atoms with van der Waals surface area (Å²) in [6, 6.07) is 13.1. The molecule has 0 amide bonds. The Hall–Kier alpha value is -2.95. The van der Waals surface area contributed by atoms with Crippen molar-refractivity contribution < 1.29 is 23.8 Å². The van der Waals surface area contributed by atoms with E-state index in [1.807, 2.05) is 6.07 Å². The molecule has 0 aromatic heterocycles. The molecule has 0 bridgehead atoms. The van der Waals surface area contributed by atoms with Crippen LogP contribution in [0.5, 0.6) is 11.5 Å². The lowest BCUT2D eigenvalue weighted by atomic mass is 9.95. The maximum atomic E-state index is 14.0. The van der Waals surface area contributed by atoms with Crippen molar-refractivity contribution in [2.24, 2.45) is 5.92 Å². The van der Waals surface area contributed by atoms with Crippen LogP contribution in [0.2, 0.25) is 0 Å². The van der Waals surface area contributed by atoms with E-state index in [4.69, 9.17) is 9.84 Å². The van der Waals surface area contributed by atoms with Gasteiger partial charge in [-0.15, -0.1) is 0 Å². The number of hydrogen-bond donors (Lipinski definition) is 1. The van der Waals surface area contributed by atoms with Gasteiger partial charge in [0.2, 0.25) is 0 Å². The molecule has 5 heteroatoms. The summed E-state index contributed by atoms with van der Waals surface area (Å²) in [6.07, 6.45) is 1.58. The van der Waals surface area contributed by atoms with Gasteiger partial charge in [0, 0.05) is 12.3 Å². The molecule has 1 N–H and O–H groups in total. The first-order valence-corrected chi connectivity index (χ1v) is 8.36. The zero-order valence-electron chi connectivity index (χ0n) is 14.7. The molecule has 0 saturated heterocycles. The van der Waals surface area contributed by atoms with Crippen LogP contribution in [0.4, 0.5) is 4.39 Å². The molecule has 2 aromatic rings. The SMILES string of the molecule is CC(C)C(=O)C(=Cc1ccc(F)c(Oc2ccccc2)c1)CCC(=O)O. The van der Waals surface area contributed by atoms with Crippen molar-refractivity contribution in [3.05, 3.63) is 65.5 Å². The Morgan fingerprint density at radius 1 is 1.12 bits per heavy atom. The number of carboxylic acids is 1. The number of hydrogen-bond acceptors (Lipinski definition) is 3. The highest BCUT2D eigenvalue weighted by atomic mass is 19.1. The fraction of sp³-hybridized carbons (Fsp3) is 0.238. The molecular weight excluding hydrogens is 335 g/mol. The molecule has 0 fully saturated rings. The summed E-state index contributed by atoms with van der Waals surface area (Å²) < 4.78 is 19.6. The van der Waals surface area contributed by atoms with Crippen LogP contribution in [0, 0.1) is 11.7 Å². The number of ether oxygens (including phenoxy) is 1. The Bertz CT molecular complexity index is 810. The molecule has 0 unspecified atom stereocenters. The van der Waals surface area contributed by atoms with Crippen molar-refractivity contribution >= 4 is 17.8 Å². The topological polar surface area (TPSA) is 63.6 Å². The summed E-state index contributed by atoms with van der Waals surface area (Å²) in [7, 11) is 0. The minimum Gasteiger partial charge on any atom is -0.481 e. The Morgan fingerprint density at radius 2 is 1.81 bits per heavy atom. The molecule has 0 radical (unpaired) electrons. The highest BCUT2D eigenvalue weighted by Crippen LogP contribution is 2.27. The maximum absolute atomic E-state index is 14.0. The summed E-state index contributed by atoms with van der Waals surface area (Å²) in [6.45, 7) is 3.51. The average Bonchev–Trinajstić information content (AvgIpc) is 2.61. The molecule has 26 heavy (non-hydrogen) atoms. The van der Waals surface area contributed by atoms with Crippen molar-refractivity contribution in [1.29, 1.82) is 0 Å². The van der Waals surface area contributed by atoms with Gasteiger partial charge in [-0.2, -0.15) is 0 Å². The molecule has 2 rings (SSSR count). The molecule has 2 aromatic carbocycles. The number of carbonyl (C=O) groups is 2. The quantitative estimate of drug-likeness (QED) is 0.669. The van der Waals surface area contributed by atoms with E-state index in [9.17, 15) is 14.0 Å². The molecule has 0 spiro atoms. The summed E-state index contributed by atoms with van der Waals surface area (Å²) >= 11 is 0.